The Balaban J connectivity index is 1.57. The number of amides is 2. The minimum absolute atomic E-state index is 0.116. The molecule has 1 fully saturated rings. The molecule has 0 aliphatic carbocycles. The fourth-order valence-corrected chi connectivity index (χ4v) is 3.50. The molecule has 0 bridgehead atoms. The van der Waals surface area contributed by atoms with Crippen molar-refractivity contribution in [1.82, 2.24) is 30.1 Å². The van der Waals surface area contributed by atoms with Crippen LogP contribution in [0.15, 0.2) is 48.9 Å². The van der Waals surface area contributed by atoms with Crippen molar-refractivity contribution in [3.05, 3.63) is 54.5 Å². The van der Waals surface area contributed by atoms with Crippen LogP contribution in [0.4, 0.5) is 0 Å². The molecular formula is C20H22N6O2. The summed E-state index contributed by atoms with van der Waals surface area (Å²) in [6.45, 7) is 1.77. The van der Waals surface area contributed by atoms with Crippen LogP contribution >= 0.6 is 0 Å². The first kappa shape index (κ1) is 18.1. The van der Waals surface area contributed by atoms with Crippen molar-refractivity contribution in [2.45, 2.75) is 19.0 Å². The van der Waals surface area contributed by atoms with Crippen LogP contribution in [-0.2, 0) is 16.1 Å². The number of benzene rings is 1. The molecule has 28 heavy (non-hydrogen) atoms. The van der Waals surface area contributed by atoms with Crippen LogP contribution in [0.1, 0.15) is 12.0 Å². The van der Waals surface area contributed by atoms with E-state index in [1.807, 2.05) is 53.8 Å². The highest BCUT2D eigenvalue weighted by molar-refractivity contribution is 5.88. The number of carbonyl (C=O) groups is 2. The first-order chi connectivity index (χ1) is 13.7. The fraction of sp³-hybridized carbons (Fsp3) is 0.300. The van der Waals surface area contributed by atoms with Gasteiger partial charge in [-0.1, -0.05) is 30.3 Å². The van der Waals surface area contributed by atoms with Crippen molar-refractivity contribution in [2.75, 3.05) is 20.1 Å². The summed E-state index contributed by atoms with van der Waals surface area (Å²) in [4.78, 5) is 30.7. The maximum Gasteiger partial charge on any atom is 0.237 e. The average molecular weight is 378 g/mol. The normalized spacial score (nSPS) is 17.5. The number of rotatable bonds is 5. The van der Waals surface area contributed by atoms with Gasteiger partial charge in [0.25, 0.3) is 0 Å². The molecule has 8 nitrogen and oxygen atoms in total. The molecule has 0 spiro atoms. The van der Waals surface area contributed by atoms with E-state index in [9.17, 15) is 9.59 Å². The second kappa shape index (κ2) is 7.77. The minimum atomic E-state index is -0.484. The number of piperazine rings is 1. The van der Waals surface area contributed by atoms with E-state index >= 15 is 0 Å². The van der Waals surface area contributed by atoms with E-state index in [4.69, 9.17) is 0 Å². The Morgan fingerprint density at radius 2 is 2.11 bits per heavy atom. The van der Waals surface area contributed by atoms with Gasteiger partial charge in [0.15, 0.2) is 5.65 Å². The van der Waals surface area contributed by atoms with Crippen LogP contribution < -0.4 is 10.6 Å². The van der Waals surface area contributed by atoms with Gasteiger partial charge in [-0.15, -0.1) is 0 Å². The van der Waals surface area contributed by atoms with Gasteiger partial charge in [-0.2, -0.15) is 5.10 Å². The Bertz CT molecular complexity index is 1000. The van der Waals surface area contributed by atoms with E-state index in [0.29, 0.717) is 19.6 Å². The molecule has 4 rings (SSSR count). The summed E-state index contributed by atoms with van der Waals surface area (Å²) in [6, 6.07) is 9.53. The summed E-state index contributed by atoms with van der Waals surface area (Å²) in [5.41, 5.74) is 3.76. The zero-order valence-electron chi connectivity index (χ0n) is 15.6. The summed E-state index contributed by atoms with van der Waals surface area (Å²) in [5.74, 6) is -0.269. The zero-order valence-corrected chi connectivity index (χ0v) is 15.6. The van der Waals surface area contributed by atoms with E-state index in [1.54, 1.807) is 11.6 Å². The number of nitrogens with one attached hydrogen (secondary N) is 2. The maximum absolute atomic E-state index is 12.3. The van der Waals surface area contributed by atoms with Crippen molar-refractivity contribution < 1.29 is 9.59 Å². The van der Waals surface area contributed by atoms with Crippen molar-refractivity contribution in [1.29, 1.82) is 0 Å². The lowest BCUT2D eigenvalue weighted by atomic mass is 10.1. The Morgan fingerprint density at radius 1 is 1.29 bits per heavy atom. The number of fused-ring (bicyclic) bond motifs is 1. The summed E-state index contributed by atoms with van der Waals surface area (Å²) in [6.07, 6.45) is 5.69. The topological polar surface area (TPSA) is 91.6 Å². The Hall–Kier alpha value is -3.26. The van der Waals surface area contributed by atoms with Crippen molar-refractivity contribution >= 4 is 17.5 Å². The summed E-state index contributed by atoms with van der Waals surface area (Å²) < 4.78 is 1.76. The molecule has 3 aromatic rings. The third-order valence-corrected chi connectivity index (χ3v) is 4.98. The molecule has 1 atom stereocenters. The molecule has 2 amide bonds. The maximum atomic E-state index is 12.3. The van der Waals surface area contributed by atoms with E-state index in [2.05, 4.69) is 20.7 Å². The summed E-state index contributed by atoms with van der Waals surface area (Å²) in [7, 11) is 1.58. The molecule has 144 valence electrons. The van der Waals surface area contributed by atoms with Crippen LogP contribution in [0.25, 0.3) is 16.8 Å². The Kier molecular flexibility index (Phi) is 5.03. The van der Waals surface area contributed by atoms with Gasteiger partial charge in [-0.25, -0.2) is 9.50 Å². The van der Waals surface area contributed by atoms with Gasteiger partial charge in [0, 0.05) is 50.2 Å². The molecule has 1 aliphatic rings. The lowest BCUT2D eigenvalue weighted by molar-refractivity contribution is -0.134. The van der Waals surface area contributed by atoms with Crippen molar-refractivity contribution in [3.63, 3.8) is 0 Å². The molecular weight excluding hydrogens is 356 g/mol. The molecule has 3 heterocycles. The number of carbonyl (C=O) groups excluding carboxylic acids is 2. The number of nitrogens with zero attached hydrogens (tertiary/aromatic N) is 4. The van der Waals surface area contributed by atoms with Crippen LogP contribution in [0.2, 0.25) is 0 Å². The molecule has 0 saturated carbocycles. The minimum Gasteiger partial charge on any atom is -0.359 e. The molecule has 0 radical (unpaired) electrons. The largest absolute Gasteiger partial charge is 0.359 e. The van der Waals surface area contributed by atoms with Gasteiger partial charge in [-0.05, 0) is 5.56 Å². The van der Waals surface area contributed by atoms with Crippen LogP contribution in [0.3, 0.4) is 0 Å². The van der Waals surface area contributed by atoms with Gasteiger partial charge in [0.2, 0.25) is 11.8 Å². The number of aromatic nitrogens is 3. The van der Waals surface area contributed by atoms with Gasteiger partial charge in [0.1, 0.15) is 0 Å². The predicted octanol–water partition coefficient (Wildman–Crippen LogP) is 0.833. The Morgan fingerprint density at radius 3 is 2.89 bits per heavy atom. The average Bonchev–Trinajstić information content (AvgIpc) is 3.14. The molecule has 2 aromatic heterocycles. The predicted molar refractivity (Wildman–Crippen MR) is 104 cm³/mol. The standard InChI is InChI=1S/C20H22N6O2/c1-21-18(27)9-17-20(28)22-7-8-25(17)12-14-10-23-19-16(11-24-26(19)13-14)15-5-3-2-4-6-15/h2-6,10-11,13,17H,7-9,12H2,1H3,(H,21,27)(H,22,28)/t17-/m1/s1. The highest BCUT2D eigenvalue weighted by atomic mass is 16.2. The van der Waals surface area contributed by atoms with Crippen molar-refractivity contribution in [3.8, 4) is 11.1 Å². The van der Waals surface area contributed by atoms with Crippen LogP contribution in [-0.4, -0.2) is 57.5 Å². The highest BCUT2D eigenvalue weighted by Crippen LogP contribution is 2.23. The Labute approximate surface area is 162 Å². The van der Waals surface area contributed by atoms with Gasteiger partial charge >= 0.3 is 0 Å². The van der Waals surface area contributed by atoms with E-state index in [1.165, 1.54) is 0 Å². The lowest BCUT2D eigenvalue weighted by Gasteiger charge is -2.34. The van der Waals surface area contributed by atoms with E-state index in [0.717, 1.165) is 22.3 Å². The number of hydrogen-bond acceptors (Lipinski definition) is 5. The highest BCUT2D eigenvalue weighted by Gasteiger charge is 2.31. The third-order valence-electron chi connectivity index (χ3n) is 4.98. The first-order valence-corrected chi connectivity index (χ1v) is 9.26. The molecule has 1 saturated heterocycles. The first-order valence-electron chi connectivity index (χ1n) is 9.26. The second-order valence-corrected chi connectivity index (χ2v) is 6.81. The third kappa shape index (κ3) is 3.59. The molecule has 8 heteroatoms. The quantitative estimate of drug-likeness (QED) is 0.686. The molecule has 0 unspecified atom stereocenters. The number of hydrogen-bond donors (Lipinski definition) is 2. The van der Waals surface area contributed by atoms with Gasteiger partial charge < -0.3 is 10.6 Å². The van der Waals surface area contributed by atoms with Crippen molar-refractivity contribution in [2.24, 2.45) is 0 Å². The summed E-state index contributed by atoms with van der Waals surface area (Å²) in [5, 5.41) is 9.86. The molecule has 2 N–H and O–H groups in total. The van der Waals surface area contributed by atoms with Gasteiger partial charge in [-0.3, -0.25) is 14.5 Å². The van der Waals surface area contributed by atoms with Gasteiger partial charge in [0.05, 0.1) is 18.7 Å². The SMILES string of the molecule is CNC(=O)C[C@@H]1C(=O)NCCN1Cc1cnc2c(-c3ccccc3)cnn2c1. The van der Waals surface area contributed by atoms with E-state index in [-0.39, 0.29) is 18.2 Å². The second-order valence-electron chi connectivity index (χ2n) is 6.81. The molecule has 1 aromatic carbocycles. The zero-order chi connectivity index (χ0) is 19.5. The van der Waals surface area contributed by atoms with E-state index < -0.39 is 6.04 Å². The smallest absolute Gasteiger partial charge is 0.237 e. The monoisotopic (exact) mass is 378 g/mol. The van der Waals surface area contributed by atoms with Crippen LogP contribution in [0, 0.1) is 0 Å². The summed E-state index contributed by atoms with van der Waals surface area (Å²) >= 11 is 0. The molecule has 1 aliphatic heterocycles. The lowest BCUT2D eigenvalue weighted by Crippen LogP contribution is -2.56. The fourth-order valence-electron chi connectivity index (χ4n) is 3.50. The van der Waals surface area contributed by atoms with Crippen LogP contribution in [0.5, 0.6) is 0 Å².